The highest BCUT2D eigenvalue weighted by atomic mass is 127. The standard InChI is InChI=1S/C21H33N5O2.HI/c1-14-11-23-18(15(2)19(14)28-4)12-24-21(22-3)25-17-9-10-26(13-17)20(27)16-7-5-6-8-16;/h11,16-17H,5-10,12-13H2,1-4H3,(H2,22,24,25);1H. The van der Waals surface area contributed by atoms with Crippen molar-refractivity contribution in [1.29, 1.82) is 0 Å². The molecule has 1 aliphatic carbocycles. The molecule has 162 valence electrons. The van der Waals surface area contributed by atoms with Gasteiger partial charge in [-0.05, 0) is 33.1 Å². The van der Waals surface area contributed by atoms with Crippen LogP contribution in [0.2, 0.25) is 0 Å². The number of methoxy groups -OCH3 is 1. The van der Waals surface area contributed by atoms with Crippen molar-refractivity contribution < 1.29 is 9.53 Å². The molecule has 1 aromatic rings. The van der Waals surface area contributed by atoms with E-state index in [1.54, 1.807) is 14.2 Å². The van der Waals surface area contributed by atoms with Gasteiger partial charge in [0.1, 0.15) is 5.75 Å². The molecule has 8 heteroatoms. The molecule has 2 heterocycles. The number of guanidine groups is 1. The monoisotopic (exact) mass is 515 g/mol. The Morgan fingerprint density at radius 2 is 2.03 bits per heavy atom. The first-order chi connectivity index (χ1) is 13.5. The molecule has 1 atom stereocenters. The fourth-order valence-corrected chi connectivity index (χ4v) is 4.31. The lowest BCUT2D eigenvalue weighted by molar-refractivity contribution is -0.134. The van der Waals surface area contributed by atoms with Crippen LogP contribution in [0.4, 0.5) is 0 Å². The first kappa shape index (κ1) is 23.7. The Balaban J connectivity index is 0.00000300. The molecule has 0 radical (unpaired) electrons. The second-order valence-electron chi connectivity index (χ2n) is 7.87. The molecule has 2 fully saturated rings. The molecule has 7 nitrogen and oxygen atoms in total. The molecular formula is C21H34IN5O2. The number of carbonyl (C=O) groups excluding carboxylic acids is 1. The van der Waals surface area contributed by atoms with Crippen molar-refractivity contribution in [2.45, 2.75) is 58.5 Å². The molecule has 0 bridgehead atoms. The quantitative estimate of drug-likeness (QED) is 0.358. The van der Waals surface area contributed by atoms with Gasteiger partial charge in [-0.3, -0.25) is 14.8 Å². The topological polar surface area (TPSA) is 78.9 Å². The predicted molar refractivity (Wildman–Crippen MR) is 126 cm³/mol. The van der Waals surface area contributed by atoms with Crippen LogP contribution in [0.1, 0.15) is 48.9 Å². The minimum absolute atomic E-state index is 0. The number of aromatic nitrogens is 1. The number of ether oxygens (including phenoxy) is 1. The fraction of sp³-hybridized carbons (Fsp3) is 0.667. The molecule has 2 N–H and O–H groups in total. The van der Waals surface area contributed by atoms with Gasteiger partial charge in [0.2, 0.25) is 5.91 Å². The van der Waals surface area contributed by atoms with Gasteiger partial charge in [-0.2, -0.15) is 0 Å². The molecule has 1 unspecified atom stereocenters. The lowest BCUT2D eigenvalue weighted by Gasteiger charge is -2.21. The van der Waals surface area contributed by atoms with Gasteiger partial charge >= 0.3 is 0 Å². The second-order valence-corrected chi connectivity index (χ2v) is 7.87. The number of aryl methyl sites for hydroxylation is 1. The highest BCUT2D eigenvalue weighted by Gasteiger charge is 2.32. The van der Waals surface area contributed by atoms with Gasteiger partial charge in [-0.1, -0.05) is 12.8 Å². The number of nitrogens with one attached hydrogen (secondary N) is 2. The molecule has 1 aromatic heterocycles. The van der Waals surface area contributed by atoms with E-state index in [-0.39, 0.29) is 35.9 Å². The van der Waals surface area contributed by atoms with E-state index >= 15 is 0 Å². The van der Waals surface area contributed by atoms with Crippen LogP contribution >= 0.6 is 24.0 Å². The molecule has 1 aliphatic heterocycles. The van der Waals surface area contributed by atoms with Crippen LogP contribution in [0, 0.1) is 19.8 Å². The van der Waals surface area contributed by atoms with Gasteiger partial charge in [0.15, 0.2) is 5.96 Å². The maximum Gasteiger partial charge on any atom is 0.225 e. The highest BCUT2D eigenvalue weighted by Crippen LogP contribution is 2.28. The van der Waals surface area contributed by atoms with Crippen LogP contribution in [-0.2, 0) is 11.3 Å². The largest absolute Gasteiger partial charge is 0.496 e. The number of aliphatic imine (C=N–C) groups is 1. The maximum absolute atomic E-state index is 12.6. The minimum Gasteiger partial charge on any atom is -0.496 e. The first-order valence-electron chi connectivity index (χ1n) is 10.3. The van der Waals surface area contributed by atoms with Gasteiger partial charge in [0, 0.05) is 49.4 Å². The van der Waals surface area contributed by atoms with Gasteiger partial charge in [0.05, 0.1) is 19.3 Å². The molecule has 1 amide bonds. The van der Waals surface area contributed by atoms with E-state index in [1.165, 1.54) is 12.8 Å². The summed E-state index contributed by atoms with van der Waals surface area (Å²) in [6, 6.07) is 0.234. The summed E-state index contributed by atoms with van der Waals surface area (Å²) in [5, 5.41) is 6.80. The Morgan fingerprint density at radius 3 is 2.69 bits per heavy atom. The van der Waals surface area contributed by atoms with E-state index in [4.69, 9.17) is 4.74 Å². The molecule has 0 aromatic carbocycles. The van der Waals surface area contributed by atoms with E-state index < -0.39 is 0 Å². The number of halogens is 1. The zero-order valence-electron chi connectivity index (χ0n) is 18.0. The molecule has 29 heavy (non-hydrogen) atoms. The van der Waals surface area contributed by atoms with Crippen molar-refractivity contribution in [3.8, 4) is 5.75 Å². The Labute approximate surface area is 191 Å². The van der Waals surface area contributed by atoms with Gasteiger partial charge in [-0.25, -0.2) is 0 Å². The summed E-state index contributed by atoms with van der Waals surface area (Å²) in [7, 11) is 3.45. The highest BCUT2D eigenvalue weighted by molar-refractivity contribution is 14.0. The Kier molecular flexibility index (Phi) is 8.98. The van der Waals surface area contributed by atoms with E-state index in [9.17, 15) is 4.79 Å². The molecule has 3 rings (SSSR count). The zero-order chi connectivity index (χ0) is 20.1. The van der Waals surface area contributed by atoms with Gasteiger partial charge in [0.25, 0.3) is 0 Å². The Bertz CT molecular complexity index is 734. The lowest BCUT2D eigenvalue weighted by Crippen LogP contribution is -2.45. The van der Waals surface area contributed by atoms with Crippen molar-refractivity contribution >= 4 is 35.8 Å². The Morgan fingerprint density at radius 1 is 1.31 bits per heavy atom. The number of rotatable bonds is 5. The summed E-state index contributed by atoms with van der Waals surface area (Å²) in [5.74, 6) is 2.21. The van der Waals surface area contributed by atoms with E-state index in [1.807, 2.05) is 24.9 Å². The number of hydrogen-bond donors (Lipinski definition) is 2. The van der Waals surface area contributed by atoms with Crippen molar-refractivity contribution in [3.05, 3.63) is 23.0 Å². The lowest BCUT2D eigenvalue weighted by atomic mass is 10.1. The average molecular weight is 515 g/mol. The number of likely N-dealkylation sites (tertiary alicyclic amines) is 1. The number of hydrogen-bond acceptors (Lipinski definition) is 4. The van der Waals surface area contributed by atoms with Gasteiger partial charge in [-0.15, -0.1) is 24.0 Å². The normalized spacial score (nSPS) is 19.8. The predicted octanol–water partition coefficient (Wildman–Crippen LogP) is 2.78. The van der Waals surface area contributed by atoms with Crippen molar-refractivity contribution in [2.75, 3.05) is 27.2 Å². The number of nitrogens with zero attached hydrogens (tertiary/aromatic N) is 3. The second kappa shape index (κ2) is 11.0. The number of pyridine rings is 1. The van der Waals surface area contributed by atoms with Crippen molar-refractivity contribution in [3.63, 3.8) is 0 Å². The molecule has 1 saturated carbocycles. The van der Waals surface area contributed by atoms with E-state index in [0.29, 0.717) is 12.5 Å². The van der Waals surface area contributed by atoms with Crippen LogP contribution in [0.25, 0.3) is 0 Å². The summed E-state index contributed by atoms with van der Waals surface area (Å²) in [5.41, 5.74) is 3.01. The SMILES string of the molecule is CN=C(NCc1ncc(C)c(OC)c1C)NC1CCN(C(=O)C2CCCC2)C1.I. The van der Waals surface area contributed by atoms with E-state index in [2.05, 4.69) is 20.6 Å². The van der Waals surface area contributed by atoms with Gasteiger partial charge < -0.3 is 20.3 Å². The third-order valence-electron chi connectivity index (χ3n) is 5.94. The van der Waals surface area contributed by atoms with Crippen molar-refractivity contribution in [1.82, 2.24) is 20.5 Å². The zero-order valence-corrected chi connectivity index (χ0v) is 20.3. The third-order valence-corrected chi connectivity index (χ3v) is 5.94. The number of amides is 1. The summed E-state index contributed by atoms with van der Waals surface area (Å²) in [4.78, 5) is 23.5. The average Bonchev–Trinajstić information content (AvgIpc) is 3.38. The fourth-order valence-electron chi connectivity index (χ4n) is 4.31. The summed E-state index contributed by atoms with van der Waals surface area (Å²) < 4.78 is 5.48. The maximum atomic E-state index is 12.6. The van der Waals surface area contributed by atoms with E-state index in [0.717, 1.165) is 60.9 Å². The molecule has 2 aliphatic rings. The minimum atomic E-state index is 0. The molecule has 0 spiro atoms. The van der Waals surface area contributed by atoms with Crippen LogP contribution in [0.5, 0.6) is 5.75 Å². The first-order valence-corrected chi connectivity index (χ1v) is 10.3. The van der Waals surface area contributed by atoms with Crippen LogP contribution in [-0.4, -0.2) is 55.0 Å². The van der Waals surface area contributed by atoms with Crippen LogP contribution < -0.4 is 15.4 Å². The number of carbonyl (C=O) groups is 1. The van der Waals surface area contributed by atoms with Crippen molar-refractivity contribution in [2.24, 2.45) is 10.9 Å². The van der Waals surface area contributed by atoms with Crippen LogP contribution in [0.3, 0.4) is 0 Å². The van der Waals surface area contributed by atoms with Crippen LogP contribution in [0.15, 0.2) is 11.2 Å². The summed E-state index contributed by atoms with van der Waals surface area (Å²) in [6.07, 6.45) is 7.29. The molecular weight excluding hydrogens is 481 g/mol. The Hall–Kier alpha value is -1.58. The summed E-state index contributed by atoms with van der Waals surface area (Å²) >= 11 is 0. The third kappa shape index (κ3) is 5.73. The smallest absolute Gasteiger partial charge is 0.225 e. The molecule has 1 saturated heterocycles. The summed E-state index contributed by atoms with van der Waals surface area (Å²) in [6.45, 7) is 6.18.